The highest BCUT2D eigenvalue weighted by molar-refractivity contribution is 5.93. The van der Waals surface area contributed by atoms with Gasteiger partial charge in [0.1, 0.15) is 6.42 Å². The first-order valence-corrected chi connectivity index (χ1v) is 5.20. The second kappa shape index (κ2) is 5.11. The number of amides is 1. The molecule has 0 aliphatic carbocycles. The number of rotatable bonds is 2. The Morgan fingerprint density at radius 3 is 2.67 bits per heavy atom. The summed E-state index contributed by atoms with van der Waals surface area (Å²) in [4.78, 5) is 25.9. The Morgan fingerprint density at radius 1 is 1.40 bits per heavy atom. The minimum atomic E-state index is -1.05. The Morgan fingerprint density at radius 2 is 2.07 bits per heavy atom. The summed E-state index contributed by atoms with van der Waals surface area (Å²) in [5, 5.41) is 8.57. The summed E-state index contributed by atoms with van der Waals surface area (Å²) < 4.78 is 0. The fourth-order valence-electron chi connectivity index (χ4n) is 1.97. The van der Waals surface area contributed by atoms with Crippen molar-refractivity contribution < 1.29 is 14.7 Å². The number of hydrogen-bond donors (Lipinski definition) is 1. The average molecular weight is 214 g/mol. The lowest BCUT2D eigenvalue weighted by atomic mass is 10.2. The van der Waals surface area contributed by atoms with Gasteiger partial charge in [-0.05, 0) is 26.9 Å². The van der Waals surface area contributed by atoms with Crippen molar-refractivity contribution in [3.8, 4) is 0 Å². The molecule has 1 aliphatic rings. The molecule has 1 amide bonds. The first-order valence-electron chi connectivity index (χ1n) is 5.20. The SMILES string of the molecule is CC1CN(C)CCCN1C(=O)CC(=O)O. The Bertz CT molecular complexity index is 255. The minimum Gasteiger partial charge on any atom is -0.481 e. The molecule has 0 aromatic heterocycles. The number of carbonyl (C=O) groups excluding carboxylic acids is 1. The molecule has 0 aromatic rings. The molecule has 1 aliphatic heterocycles. The van der Waals surface area contributed by atoms with E-state index >= 15 is 0 Å². The second-order valence-corrected chi connectivity index (χ2v) is 4.12. The van der Waals surface area contributed by atoms with Gasteiger partial charge in [0, 0.05) is 19.1 Å². The molecular weight excluding hydrogens is 196 g/mol. The van der Waals surface area contributed by atoms with Gasteiger partial charge in [0.15, 0.2) is 0 Å². The largest absolute Gasteiger partial charge is 0.481 e. The quantitative estimate of drug-likeness (QED) is 0.658. The van der Waals surface area contributed by atoms with Gasteiger partial charge < -0.3 is 14.9 Å². The number of carboxylic acid groups (broad SMARTS) is 1. The third kappa shape index (κ3) is 3.51. The molecule has 5 nitrogen and oxygen atoms in total. The van der Waals surface area contributed by atoms with Crippen molar-refractivity contribution in [1.29, 1.82) is 0 Å². The Labute approximate surface area is 89.7 Å². The lowest BCUT2D eigenvalue weighted by Crippen LogP contribution is -2.42. The van der Waals surface area contributed by atoms with Crippen LogP contribution >= 0.6 is 0 Å². The second-order valence-electron chi connectivity index (χ2n) is 4.12. The van der Waals surface area contributed by atoms with Crippen LogP contribution in [0.3, 0.4) is 0 Å². The molecule has 15 heavy (non-hydrogen) atoms. The summed E-state index contributed by atoms with van der Waals surface area (Å²) in [6, 6.07) is 0.101. The molecule has 0 saturated carbocycles. The van der Waals surface area contributed by atoms with Crippen LogP contribution in [0.1, 0.15) is 19.8 Å². The van der Waals surface area contributed by atoms with Gasteiger partial charge in [0.25, 0.3) is 0 Å². The van der Waals surface area contributed by atoms with Crippen LogP contribution in [-0.2, 0) is 9.59 Å². The number of nitrogens with zero attached hydrogens (tertiary/aromatic N) is 2. The van der Waals surface area contributed by atoms with Crippen molar-refractivity contribution in [2.75, 3.05) is 26.7 Å². The van der Waals surface area contributed by atoms with Crippen molar-refractivity contribution in [2.45, 2.75) is 25.8 Å². The highest BCUT2D eigenvalue weighted by Gasteiger charge is 2.24. The summed E-state index contributed by atoms with van der Waals surface area (Å²) >= 11 is 0. The van der Waals surface area contributed by atoms with E-state index < -0.39 is 12.4 Å². The lowest BCUT2D eigenvalue weighted by molar-refractivity contribution is -0.145. The molecule has 1 heterocycles. The van der Waals surface area contributed by atoms with E-state index in [1.165, 1.54) is 0 Å². The van der Waals surface area contributed by atoms with E-state index in [2.05, 4.69) is 4.90 Å². The van der Waals surface area contributed by atoms with Crippen LogP contribution in [-0.4, -0.2) is 59.5 Å². The van der Waals surface area contributed by atoms with Crippen molar-refractivity contribution in [1.82, 2.24) is 9.80 Å². The van der Waals surface area contributed by atoms with Gasteiger partial charge in [-0.15, -0.1) is 0 Å². The molecule has 0 spiro atoms. The summed E-state index contributed by atoms with van der Waals surface area (Å²) in [6.07, 6.45) is 0.514. The van der Waals surface area contributed by atoms with Gasteiger partial charge in [-0.3, -0.25) is 9.59 Å². The van der Waals surface area contributed by atoms with Crippen LogP contribution < -0.4 is 0 Å². The Balaban J connectivity index is 2.59. The van der Waals surface area contributed by atoms with Gasteiger partial charge in [0.05, 0.1) is 0 Å². The number of hydrogen-bond acceptors (Lipinski definition) is 3. The fraction of sp³-hybridized carbons (Fsp3) is 0.800. The lowest BCUT2D eigenvalue weighted by Gasteiger charge is -2.27. The van der Waals surface area contributed by atoms with Crippen LogP contribution in [0, 0.1) is 0 Å². The van der Waals surface area contributed by atoms with Crippen LogP contribution in [0.2, 0.25) is 0 Å². The molecule has 0 aromatic carbocycles. The fourth-order valence-corrected chi connectivity index (χ4v) is 1.97. The zero-order valence-electron chi connectivity index (χ0n) is 9.27. The maximum atomic E-state index is 11.6. The molecule has 1 saturated heterocycles. The van der Waals surface area contributed by atoms with Crippen molar-refractivity contribution >= 4 is 11.9 Å². The maximum Gasteiger partial charge on any atom is 0.312 e. The van der Waals surface area contributed by atoms with E-state index in [4.69, 9.17) is 5.11 Å². The normalized spacial score (nSPS) is 23.6. The summed E-state index contributed by atoms with van der Waals surface area (Å²) in [6.45, 7) is 4.39. The molecule has 1 N–H and O–H groups in total. The van der Waals surface area contributed by atoms with Gasteiger partial charge >= 0.3 is 5.97 Å². The predicted octanol–water partition coefficient (Wildman–Crippen LogP) is 0.0137. The van der Waals surface area contributed by atoms with Crippen molar-refractivity contribution in [2.24, 2.45) is 0 Å². The Kier molecular flexibility index (Phi) is 4.08. The summed E-state index contributed by atoms with van der Waals surface area (Å²) in [5.41, 5.74) is 0. The highest BCUT2D eigenvalue weighted by Crippen LogP contribution is 2.09. The number of carboxylic acids is 1. The molecule has 1 rings (SSSR count). The van der Waals surface area contributed by atoms with Crippen molar-refractivity contribution in [3.63, 3.8) is 0 Å². The van der Waals surface area contributed by atoms with Gasteiger partial charge in [-0.2, -0.15) is 0 Å². The summed E-state index contributed by atoms with van der Waals surface area (Å²) in [7, 11) is 2.02. The van der Waals surface area contributed by atoms with Gasteiger partial charge in [0.2, 0.25) is 5.91 Å². The molecule has 0 bridgehead atoms. The molecular formula is C10H18N2O3. The number of aliphatic carboxylic acids is 1. The van der Waals surface area contributed by atoms with Crippen LogP contribution in [0.4, 0.5) is 0 Å². The topological polar surface area (TPSA) is 60.9 Å². The number of carbonyl (C=O) groups is 2. The molecule has 0 radical (unpaired) electrons. The van der Waals surface area contributed by atoms with Gasteiger partial charge in [-0.1, -0.05) is 0 Å². The smallest absolute Gasteiger partial charge is 0.312 e. The molecule has 5 heteroatoms. The first kappa shape index (κ1) is 12.0. The van der Waals surface area contributed by atoms with E-state index in [1.54, 1.807) is 4.90 Å². The number of likely N-dealkylation sites (N-methyl/N-ethyl adjacent to an activating group) is 1. The monoisotopic (exact) mass is 214 g/mol. The molecule has 86 valence electrons. The highest BCUT2D eigenvalue weighted by atomic mass is 16.4. The average Bonchev–Trinajstić information content (AvgIpc) is 2.25. The van der Waals surface area contributed by atoms with E-state index in [0.717, 1.165) is 19.5 Å². The Hall–Kier alpha value is -1.10. The third-order valence-corrected chi connectivity index (χ3v) is 2.67. The van der Waals surface area contributed by atoms with Crippen LogP contribution in [0.15, 0.2) is 0 Å². The summed E-state index contributed by atoms with van der Waals surface area (Å²) in [5.74, 6) is -1.32. The van der Waals surface area contributed by atoms with E-state index in [0.29, 0.717) is 6.54 Å². The minimum absolute atomic E-state index is 0.101. The molecule has 1 unspecified atom stereocenters. The van der Waals surface area contributed by atoms with Crippen LogP contribution in [0.5, 0.6) is 0 Å². The zero-order valence-corrected chi connectivity index (χ0v) is 9.27. The molecule has 1 fully saturated rings. The van der Waals surface area contributed by atoms with E-state index in [1.807, 2.05) is 14.0 Å². The standard InChI is InChI=1S/C10H18N2O3/c1-8-7-11(2)4-3-5-12(8)9(13)6-10(14)15/h8H,3-7H2,1-2H3,(H,14,15). The zero-order chi connectivity index (χ0) is 11.4. The first-order chi connectivity index (χ1) is 7.00. The van der Waals surface area contributed by atoms with Crippen molar-refractivity contribution in [3.05, 3.63) is 0 Å². The maximum absolute atomic E-state index is 11.6. The van der Waals surface area contributed by atoms with E-state index in [9.17, 15) is 9.59 Å². The van der Waals surface area contributed by atoms with Gasteiger partial charge in [-0.25, -0.2) is 0 Å². The third-order valence-electron chi connectivity index (χ3n) is 2.67. The predicted molar refractivity (Wildman–Crippen MR) is 55.5 cm³/mol. The van der Waals surface area contributed by atoms with E-state index in [-0.39, 0.29) is 11.9 Å². The molecule has 1 atom stereocenters. The van der Waals surface area contributed by atoms with Crippen LogP contribution in [0.25, 0.3) is 0 Å².